The van der Waals surface area contributed by atoms with E-state index in [0.29, 0.717) is 5.92 Å². The third-order valence-corrected chi connectivity index (χ3v) is 3.99. The van der Waals surface area contributed by atoms with Gasteiger partial charge in [0.2, 0.25) is 0 Å². The van der Waals surface area contributed by atoms with Crippen molar-refractivity contribution in [2.24, 2.45) is 5.92 Å². The summed E-state index contributed by atoms with van der Waals surface area (Å²) >= 11 is 0. The first-order chi connectivity index (χ1) is 9.76. The lowest BCUT2D eigenvalue weighted by atomic mass is 10.0. The highest BCUT2D eigenvalue weighted by Crippen LogP contribution is 2.27. The molecule has 0 spiro atoms. The van der Waals surface area contributed by atoms with E-state index >= 15 is 0 Å². The fourth-order valence-electron chi connectivity index (χ4n) is 2.67. The average Bonchev–Trinajstić information content (AvgIpc) is 2.85. The zero-order valence-electron chi connectivity index (χ0n) is 12.4. The van der Waals surface area contributed by atoms with Crippen LogP contribution in [0, 0.1) is 5.92 Å². The smallest absolute Gasteiger partial charge is 0.128 e. The minimum Gasteiger partial charge on any atom is -0.394 e. The molecule has 0 bridgehead atoms. The number of nitrogens with one attached hydrogen (secondary N) is 1. The molecule has 112 valence electrons. The number of hydrogen-bond donors (Lipinski definition) is 2. The fraction of sp³-hybridized carbons (Fsp3) is 0.667. The second kappa shape index (κ2) is 7.57. The Hall–Kier alpha value is -1.17. The number of aliphatic hydroxyl groups excluding tert-OH is 1. The monoisotopic (exact) mass is 279 g/mol. The highest BCUT2D eigenvalue weighted by Gasteiger charge is 2.31. The molecular formula is C15H25N3O2. The van der Waals surface area contributed by atoms with Gasteiger partial charge in [-0.1, -0.05) is 13.0 Å². The van der Waals surface area contributed by atoms with Crippen LogP contribution in [0.25, 0.3) is 0 Å². The molecule has 1 aromatic heterocycles. The number of pyridine rings is 1. The summed E-state index contributed by atoms with van der Waals surface area (Å²) in [6.45, 7) is 5.73. The molecule has 0 amide bonds. The van der Waals surface area contributed by atoms with Gasteiger partial charge in [-0.2, -0.15) is 0 Å². The van der Waals surface area contributed by atoms with Crippen molar-refractivity contribution in [1.82, 2.24) is 10.3 Å². The van der Waals surface area contributed by atoms with Gasteiger partial charge in [-0.15, -0.1) is 0 Å². The highest BCUT2D eigenvalue weighted by atomic mass is 16.5. The Bertz CT molecular complexity index is 397. The SMILES string of the molecule is COCCNCc1ccc(N2CCC(C)C2CO)nc1. The predicted octanol–water partition coefficient (Wildman–Crippen LogP) is 1.02. The molecule has 20 heavy (non-hydrogen) atoms. The molecule has 2 N–H and O–H groups in total. The predicted molar refractivity (Wildman–Crippen MR) is 79.8 cm³/mol. The molecule has 5 heteroatoms. The molecular weight excluding hydrogens is 254 g/mol. The molecule has 1 saturated heterocycles. The van der Waals surface area contributed by atoms with Crippen molar-refractivity contribution in [3.8, 4) is 0 Å². The zero-order valence-corrected chi connectivity index (χ0v) is 12.4. The molecule has 2 unspecified atom stereocenters. The number of rotatable bonds is 7. The molecule has 0 aromatic carbocycles. The van der Waals surface area contributed by atoms with Crippen LogP contribution in [-0.4, -0.2) is 49.5 Å². The maximum atomic E-state index is 9.50. The Morgan fingerprint density at radius 1 is 1.50 bits per heavy atom. The van der Waals surface area contributed by atoms with Crippen LogP contribution >= 0.6 is 0 Å². The summed E-state index contributed by atoms with van der Waals surface area (Å²) in [5, 5.41) is 12.8. The fourth-order valence-corrected chi connectivity index (χ4v) is 2.67. The lowest BCUT2D eigenvalue weighted by Crippen LogP contribution is -2.35. The van der Waals surface area contributed by atoms with Crippen molar-refractivity contribution in [3.05, 3.63) is 23.9 Å². The van der Waals surface area contributed by atoms with Gasteiger partial charge in [0, 0.05) is 32.9 Å². The van der Waals surface area contributed by atoms with Gasteiger partial charge >= 0.3 is 0 Å². The van der Waals surface area contributed by atoms with Gasteiger partial charge in [0.15, 0.2) is 0 Å². The van der Waals surface area contributed by atoms with Crippen molar-refractivity contribution in [3.63, 3.8) is 0 Å². The van der Waals surface area contributed by atoms with Gasteiger partial charge in [-0.3, -0.25) is 0 Å². The van der Waals surface area contributed by atoms with Crippen LogP contribution in [0.4, 0.5) is 5.82 Å². The third-order valence-electron chi connectivity index (χ3n) is 3.99. The molecule has 1 aliphatic heterocycles. The summed E-state index contributed by atoms with van der Waals surface area (Å²) in [7, 11) is 1.70. The first-order valence-electron chi connectivity index (χ1n) is 7.28. The number of aliphatic hydroxyl groups is 1. The third kappa shape index (κ3) is 3.69. The van der Waals surface area contributed by atoms with E-state index in [1.807, 2.05) is 12.3 Å². The molecule has 2 atom stereocenters. The number of aromatic nitrogens is 1. The Morgan fingerprint density at radius 2 is 2.35 bits per heavy atom. The first-order valence-corrected chi connectivity index (χ1v) is 7.28. The summed E-state index contributed by atoms with van der Waals surface area (Å²) in [6.07, 6.45) is 3.03. The molecule has 2 rings (SSSR count). The molecule has 1 aromatic rings. The van der Waals surface area contributed by atoms with Gasteiger partial charge in [0.1, 0.15) is 5.82 Å². The van der Waals surface area contributed by atoms with E-state index < -0.39 is 0 Å². The second-order valence-electron chi connectivity index (χ2n) is 5.40. The quantitative estimate of drug-likeness (QED) is 0.730. The molecule has 2 heterocycles. The largest absolute Gasteiger partial charge is 0.394 e. The van der Waals surface area contributed by atoms with Gasteiger partial charge in [-0.25, -0.2) is 4.98 Å². The van der Waals surface area contributed by atoms with E-state index in [2.05, 4.69) is 28.2 Å². The van der Waals surface area contributed by atoms with Gasteiger partial charge in [0.25, 0.3) is 0 Å². The van der Waals surface area contributed by atoms with Crippen LogP contribution in [0.15, 0.2) is 18.3 Å². The van der Waals surface area contributed by atoms with Gasteiger partial charge in [0.05, 0.1) is 19.3 Å². The van der Waals surface area contributed by atoms with Crippen LogP contribution < -0.4 is 10.2 Å². The lowest BCUT2D eigenvalue weighted by Gasteiger charge is -2.26. The summed E-state index contributed by atoms with van der Waals surface area (Å²) < 4.78 is 4.99. The molecule has 0 radical (unpaired) electrons. The summed E-state index contributed by atoms with van der Waals surface area (Å²) in [6, 6.07) is 4.35. The van der Waals surface area contributed by atoms with Crippen molar-refractivity contribution >= 4 is 5.82 Å². The van der Waals surface area contributed by atoms with E-state index in [4.69, 9.17) is 4.74 Å². The molecule has 0 saturated carbocycles. The van der Waals surface area contributed by atoms with E-state index in [-0.39, 0.29) is 12.6 Å². The van der Waals surface area contributed by atoms with Gasteiger partial charge in [-0.05, 0) is 24.0 Å². The normalized spacial score (nSPS) is 22.4. The van der Waals surface area contributed by atoms with Crippen molar-refractivity contribution in [1.29, 1.82) is 0 Å². The van der Waals surface area contributed by atoms with Crippen molar-refractivity contribution < 1.29 is 9.84 Å². The topological polar surface area (TPSA) is 57.6 Å². The van der Waals surface area contributed by atoms with Gasteiger partial charge < -0.3 is 20.1 Å². The molecule has 1 fully saturated rings. The number of methoxy groups -OCH3 is 1. The first kappa shape index (κ1) is 15.2. The van der Waals surface area contributed by atoms with Crippen LogP contribution in [0.1, 0.15) is 18.9 Å². The maximum Gasteiger partial charge on any atom is 0.128 e. The van der Waals surface area contributed by atoms with Crippen LogP contribution in [-0.2, 0) is 11.3 Å². The molecule has 0 aliphatic carbocycles. The highest BCUT2D eigenvalue weighted by molar-refractivity contribution is 5.42. The number of hydrogen-bond acceptors (Lipinski definition) is 5. The summed E-state index contributed by atoms with van der Waals surface area (Å²) in [5.41, 5.74) is 1.16. The van der Waals surface area contributed by atoms with Crippen LogP contribution in [0.5, 0.6) is 0 Å². The molecule has 5 nitrogen and oxygen atoms in total. The Morgan fingerprint density at radius 3 is 3.00 bits per heavy atom. The molecule has 1 aliphatic rings. The summed E-state index contributed by atoms with van der Waals surface area (Å²) in [5.74, 6) is 1.49. The minimum absolute atomic E-state index is 0.198. The van der Waals surface area contributed by atoms with E-state index in [1.54, 1.807) is 7.11 Å². The van der Waals surface area contributed by atoms with Crippen molar-refractivity contribution in [2.45, 2.75) is 25.9 Å². The van der Waals surface area contributed by atoms with Crippen LogP contribution in [0.2, 0.25) is 0 Å². The number of ether oxygens (including phenoxy) is 1. The van der Waals surface area contributed by atoms with Crippen molar-refractivity contribution in [2.75, 3.05) is 38.3 Å². The Labute approximate surface area is 121 Å². The number of nitrogens with zero attached hydrogens (tertiary/aromatic N) is 2. The maximum absolute atomic E-state index is 9.50. The summed E-state index contributed by atoms with van der Waals surface area (Å²) in [4.78, 5) is 6.75. The van der Waals surface area contributed by atoms with E-state index in [0.717, 1.165) is 44.0 Å². The second-order valence-corrected chi connectivity index (χ2v) is 5.40. The zero-order chi connectivity index (χ0) is 14.4. The number of anilines is 1. The lowest BCUT2D eigenvalue weighted by molar-refractivity contribution is 0.199. The standard InChI is InChI=1S/C15H25N3O2/c1-12-5-7-18(14(12)11-19)15-4-3-13(10-17-15)9-16-6-8-20-2/h3-4,10,12,14,16,19H,5-9,11H2,1-2H3. The minimum atomic E-state index is 0.198. The van der Waals surface area contributed by atoms with E-state index in [1.165, 1.54) is 0 Å². The van der Waals surface area contributed by atoms with Crippen LogP contribution in [0.3, 0.4) is 0 Å². The Kier molecular flexibility index (Phi) is 5.76. The Balaban J connectivity index is 1.91. The van der Waals surface area contributed by atoms with E-state index in [9.17, 15) is 5.11 Å². The average molecular weight is 279 g/mol.